The molecule has 0 aromatic heterocycles. The van der Waals surface area contributed by atoms with Gasteiger partial charge in [0.05, 0.1) is 25.9 Å². The molecule has 0 radical (unpaired) electrons. The van der Waals surface area contributed by atoms with E-state index in [9.17, 15) is 4.79 Å². The molecule has 5 nitrogen and oxygen atoms in total. The Bertz CT molecular complexity index is 542. The van der Waals surface area contributed by atoms with Gasteiger partial charge < -0.3 is 14.2 Å². The van der Waals surface area contributed by atoms with Crippen molar-refractivity contribution in [1.29, 1.82) is 0 Å². The Hall–Kier alpha value is -1.30. The number of carbonyl (C=O) groups is 1. The van der Waals surface area contributed by atoms with Crippen LogP contribution in [0.5, 0.6) is 11.5 Å². The van der Waals surface area contributed by atoms with E-state index in [1.807, 2.05) is 0 Å². The van der Waals surface area contributed by atoms with Crippen LogP contribution in [0.25, 0.3) is 0 Å². The van der Waals surface area contributed by atoms with Gasteiger partial charge in [-0.2, -0.15) is 0 Å². The third kappa shape index (κ3) is 6.84. The molecule has 142 valence electrons. The summed E-state index contributed by atoms with van der Waals surface area (Å²) in [5.41, 5.74) is 0.634. The van der Waals surface area contributed by atoms with Gasteiger partial charge in [-0.25, -0.2) is 0 Å². The molecule has 1 aromatic rings. The van der Waals surface area contributed by atoms with Crippen molar-refractivity contribution in [2.24, 2.45) is 0 Å². The maximum Gasteiger partial charge on any atom is 0.161 e. The second kappa shape index (κ2) is 10.6. The van der Waals surface area contributed by atoms with Crippen molar-refractivity contribution < 1.29 is 19.0 Å². The van der Waals surface area contributed by atoms with Crippen molar-refractivity contribution in [2.45, 2.75) is 45.8 Å². The van der Waals surface area contributed by atoms with Crippen LogP contribution in [0.15, 0.2) is 18.2 Å². The van der Waals surface area contributed by atoms with Crippen LogP contribution in [0.2, 0.25) is 0 Å². The number of unbranched alkanes of at least 4 members (excludes halogenated alkanes) is 1. The Morgan fingerprint density at radius 2 is 1.88 bits per heavy atom. The molecule has 0 bridgehead atoms. The van der Waals surface area contributed by atoms with E-state index in [0.29, 0.717) is 35.9 Å². The van der Waals surface area contributed by atoms with Gasteiger partial charge >= 0.3 is 0 Å². The molecule has 1 aliphatic rings. The standard InChI is InChI=1S/C19H29NO4.ClH/c1-14-12-20(13-15(2)24-14)9-5-6-10-23-18-8-7-17(16(3)21)11-19(18)22-4;/h7-8,11,14-15H,5-6,9-10,12-13H2,1-4H3;1H. The van der Waals surface area contributed by atoms with Gasteiger partial charge in [0.15, 0.2) is 17.3 Å². The first-order valence-corrected chi connectivity index (χ1v) is 8.69. The lowest BCUT2D eigenvalue weighted by Crippen LogP contribution is -2.45. The number of benzene rings is 1. The largest absolute Gasteiger partial charge is 0.493 e. The van der Waals surface area contributed by atoms with Crippen molar-refractivity contribution in [1.82, 2.24) is 4.90 Å². The molecule has 2 unspecified atom stereocenters. The molecule has 2 atom stereocenters. The number of Topliss-reactive ketones (excluding diaryl/α,β-unsaturated/α-hetero) is 1. The lowest BCUT2D eigenvalue weighted by atomic mass is 10.1. The highest BCUT2D eigenvalue weighted by Gasteiger charge is 2.21. The summed E-state index contributed by atoms with van der Waals surface area (Å²) in [5.74, 6) is 1.32. The minimum Gasteiger partial charge on any atom is -0.493 e. The van der Waals surface area contributed by atoms with E-state index in [2.05, 4.69) is 18.7 Å². The number of ketones is 1. The van der Waals surface area contributed by atoms with Gasteiger partial charge in [0.1, 0.15) is 0 Å². The van der Waals surface area contributed by atoms with Crippen LogP contribution >= 0.6 is 12.4 Å². The molecular weight excluding hydrogens is 342 g/mol. The van der Waals surface area contributed by atoms with E-state index in [4.69, 9.17) is 14.2 Å². The minimum absolute atomic E-state index is 0. The number of hydrogen-bond donors (Lipinski definition) is 0. The topological polar surface area (TPSA) is 48.0 Å². The first-order chi connectivity index (χ1) is 11.5. The molecule has 0 saturated carbocycles. The van der Waals surface area contributed by atoms with E-state index in [-0.39, 0.29) is 18.2 Å². The summed E-state index contributed by atoms with van der Waals surface area (Å²) in [6.45, 7) is 9.53. The van der Waals surface area contributed by atoms with Gasteiger partial charge in [0.2, 0.25) is 0 Å². The van der Waals surface area contributed by atoms with Crippen LogP contribution in [-0.2, 0) is 4.74 Å². The van der Waals surface area contributed by atoms with Gasteiger partial charge in [-0.3, -0.25) is 9.69 Å². The quantitative estimate of drug-likeness (QED) is 0.516. The molecule has 1 aromatic carbocycles. The number of methoxy groups -OCH3 is 1. The maximum atomic E-state index is 11.4. The van der Waals surface area contributed by atoms with Crippen LogP contribution < -0.4 is 9.47 Å². The van der Waals surface area contributed by atoms with Crippen molar-refractivity contribution in [3.05, 3.63) is 23.8 Å². The zero-order valence-corrected chi connectivity index (χ0v) is 16.4. The molecule has 0 amide bonds. The Labute approximate surface area is 157 Å². The van der Waals surface area contributed by atoms with E-state index < -0.39 is 0 Å². The van der Waals surface area contributed by atoms with Gasteiger partial charge in [0.25, 0.3) is 0 Å². The number of rotatable bonds is 8. The van der Waals surface area contributed by atoms with Crippen molar-refractivity contribution in [2.75, 3.05) is 33.4 Å². The van der Waals surface area contributed by atoms with Crippen LogP contribution in [0, 0.1) is 0 Å². The fourth-order valence-corrected chi connectivity index (χ4v) is 3.09. The zero-order chi connectivity index (χ0) is 17.5. The van der Waals surface area contributed by atoms with Gasteiger partial charge in [-0.15, -0.1) is 12.4 Å². The Balaban J connectivity index is 0.00000312. The molecule has 6 heteroatoms. The summed E-state index contributed by atoms with van der Waals surface area (Å²) in [7, 11) is 1.59. The summed E-state index contributed by atoms with van der Waals surface area (Å²) in [6.07, 6.45) is 2.70. The predicted molar refractivity (Wildman–Crippen MR) is 101 cm³/mol. The number of hydrogen-bond acceptors (Lipinski definition) is 5. The van der Waals surface area contributed by atoms with Gasteiger partial charge in [-0.05, 0) is 58.4 Å². The van der Waals surface area contributed by atoms with Gasteiger partial charge in [0, 0.05) is 18.7 Å². The monoisotopic (exact) mass is 371 g/mol. The van der Waals surface area contributed by atoms with E-state index in [1.54, 1.807) is 32.2 Å². The number of morpholine rings is 1. The highest BCUT2D eigenvalue weighted by Crippen LogP contribution is 2.28. The first kappa shape index (κ1) is 21.7. The Kier molecular flexibility index (Phi) is 9.25. The van der Waals surface area contributed by atoms with Crippen LogP contribution in [0.4, 0.5) is 0 Å². The number of carbonyl (C=O) groups excluding carboxylic acids is 1. The molecule has 0 spiro atoms. The average molecular weight is 372 g/mol. The summed E-state index contributed by atoms with van der Waals surface area (Å²) < 4.78 is 16.9. The highest BCUT2D eigenvalue weighted by atomic mass is 35.5. The minimum atomic E-state index is 0. The van der Waals surface area contributed by atoms with E-state index in [1.165, 1.54) is 0 Å². The molecule has 1 fully saturated rings. The molecule has 2 rings (SSSR count). The third-order valence-electron chi connectivity index (χ3n) is 4.19. The first-order valence-electron chi connectivity index (χ1n) is 8.69. The zero-order valence-electron chi connectivity index (χ0n) is 15.6. The summed E-state index contributed by atoms with van der Waals surface area (Å²) in [5, 5.41) is 0. The average Bonchev–Trinajstić information content (AvgIpc) is 2.53. The predicted octanol–water partition coefficient (Wildman–Crippen LogP) is 3.59. The molecule has 0 N–H and O–H groups in total. The lowest BCUT2D eigenvalue weighted by Gasteiger charge is -2.35. The van der Waals surface area contributed by atoms with Crippen molar-refractivity contribution >= 4 is 18.2 Å². The highest BCUT2D eigenvalue weighted by molar-refractivity contribution is 5.94. The maximum absolute atomic E-state index is 11.4. The molecule has 1 saturated heterocycles. The molecule has 1 aliphatic heterocycles. The van der Waals surface area contributed by atoms with Gasteiger partial charge in [-0.1, -0.05) is 0 Å². The second-order valence-electron chi connectivity index (χ2n) is 6.49. The third-order valence-corrected chi connectivity index (χ3v) is 4.19. The van der Waals surface area contributed by atoms with Crippen molar-refractivity contribution in [3.63, 3.8) is 0 Å². The summed E-state index contributed by atoms with van der Waals surface area (Å²) in [6, 6.07) is 5.31. The van der Waals surface area contributed by atoms with Crippen LogP contribution in [0.3, 0.4) is 0 Å². The Morgan fingerprint density at radius 3 is 2.48 bits per heavy atom. The summed E-state index contributed by atoms with van der Waals surface area (Å²) >= 11 is 0. The second-order valence-corrected chi connectivity index (χ2v) is 6.49. The normalized spacial score (nSPS) is 20.6. The summed E-state index contributed by atoms with van der Waals surface area (Å²) in [4.78, 5) is 13.9. The molecule has 25 heavy (non-hydrogen) atoms. The fourth-order valence-electron chi connectivity index (χ4n) is 3.09. The van der Waals surface area contributed by atoms with E-state index in [0.717, 1.165) is 32.5 Å². The van der Waals surface area contributed by atoms with Crippen LogP contribution in [0.1, 0.15) is 44.0 Å². The molecule has 0 aliphatic carbocycles. The van der Waals surface area contributed by atoms with Crippen molar-refractivity contribution in [3.8, 4) is 11.5 Å². The number of nitrogens with zero attached hydrogens (tertiary/aromatic N) is 1. The number of halogens is 1. The fraction of sp³-hybridized carbons (Fsp3) is 0.632. The SMILES string of the molecule is COc1cc(C(C)=O)ccc1OCCCCN1CC(C)OC(C)C1.Cl. The Morgan fingerprint density at radius 1 is 1.20 bits per heavy atom. The smallest absolute Gasteiger partial charge is 0.161 e. The molecular formula is C19H30ClNO4. The number of ether oxygens (including phenoxy) is 3. The van der Waals surface area contributed by atoms with E-state index >= 15 is 0 Å². The lowest BCUT2D eigenvalue weighted by molar-refractivity contribution is -0.0682. The molecule has 1 heterocycles. The van der Waals surface area contributed by atoms with Crippen LogP contribution in [-0.4, -0.2) is 56.2 Å².